The van der Waals surface area contributed by atoms with Gasteiger partial charge in [-0.15, -0.1) is 5.10 Å². The van der Waals surface area contributed by atoms with Crippen molar-refractivity contribution in [1.82, 2.24) is 5.32 Å². The van der Waals surface area contributed by atoms with Crippen LogP contribution >= 0.6 is 23.4 Å². The number of hydrogen-bond acceptors (Lipinski definition) is 7. The number of halogens is 1. The lowest BCUT2D eigenvalue weighted by molar-refractivity contribution is -0.135. The van der Waals surface area contributed by atoms with Gasteiger partial charge in [0, 0.05) is 11.6 Å². The van der Waals surface area contributed by atoms with Crippen LogP contribution in [0.1, 0.15) is 31.9 Å². The van der Waals surface area contributed by atoms with Crippen molar-refractivity contribution in [2.45, 2.75) is 26.2 Å². The molecule has 1 amide bonds. The molecule has 138 valence electrons. The third-order valence-corrected chi connectivity index (χ3v) is 4.59. The summed E-state index contributed by atoms with van der Waals surface area (Å²) >= 11 is 7.03. The monoisotopic (exact) mass is 395 g/mol. The molecular weight excluding hydrogens is 378 g/mol. The highest BCUT2D eigenvalue weighted by atomic mass is 35.5. The molecular formula is C17H18ClN3O4S. The zero-order valence-corrected chi connectivity index (χ0v) is 16.2. The number of carbonyl (C=O) groups is 2. The van der Waals surface area contributed by atoms with E-state index >= 15 is 0 Å². The number of aromatic hydroxyl groups is 1. The molecule has 0 bridgehead atoms. The maximum Gasteiger partial charge on any atom is 0.331 e. The number of hydrogen-bond donors (Lipinski definition) is 2. The van der Waals surface area contributed by atoms with Gasteiger partial charge in [-0.2, -0.15) is 5.10 Å². The van der Waals surface area contributed by atoms with Crippen LogP contribution in [-0.2, 0) is 19.7 Å². The van der Waals surface area contributed by atoms with E-state index in [1.807, 2.05) is 20.8 Å². The molecule has 0 aromatic heterocycles. The van der Waals surface area contributed by atoms with Gasteiger partial charge in [-0.05, 0) is 34.9 Å². The highest BCUT2D eigenvalue weighted by Gasteiger charge is 2.25. The quantitative estimate of drug-likeness (QED) is 0.354. The van der Waals surface area contributed by atoms with Crippen LogP contribution in [0.4, 0.5) is 0 Å². The van der Waals surface area contributed by atoms with E-state index in [-0.39, 0.29) is 26.3 Å². The minimum absolute atomic E-state index is 0.0991. The summed E-state index contributed by atoms with van der Waals surface area (Å²) in [7, 11) is 1.22. The number of phenolic OH excluding ortho intramolecular Hbond substituents is 1. The maximum atomic E-state index is 11.7. The molecule has 2 N–H and O–H groups in total. The SMILES string of the molecule is COC(=O)/C=C1/S/C(=N\N=Cc2cc(C(C)(C)C)cc(Cl)c2O)NC1=O. The van der Waals surface area contributed by atoms with Crippen molar-refractivity contribution >= 4 is 46.6 Å². The Morgan fingerprint density at radius 1 is 1.38 bits per heavy atom. The molecule has 1 aromatic rings. The number of rotatable bonds is 3. The molecule has 1 saturated heterocycles. The first-order chi connectivity index (χ1) is 12.1. The molecule has 1 fully saturated rings. The lowest BCUT2D eigenvalue weighted by atomic mass is 9.86. The number of amidine groups is 1. The Morgan fingerprint density at radius 2 is 2.08 bits per heavy atom. The number of benzene rings is 1. The number of phenols is 1. The number of methoxy groups -OCH3 is 1. The van der Waals surface area contributed by atoms with E-state index in [2.05, 4.69) is 20.3 Å². The third kappa shape index (κ3) is 4.86. The summed E-state index contributed by atoms with van der Waals surface area (Å²) in [5.74, 6) is -1.20. The number of nitrogens with one attached hydrogen (secondary N) is 1. The molecule has 0 atom stereocenters. The van der Waals surface area contributed by atoms with Gasteiger partial charge < -0.3 is 9.84 Å². The Morgan fingerprint density at radius 3 is 2.69 bits per heavy atom. The molecule has 1 heterocycles. The normalized spacial score (nSPS) is 18.0. The van der Waals surface area contributed by atoms with Gasteiger partial charge in [-0.25, -0.2) is 4.79 Å². The van der Waals surface area contributed by atoms with E-state index < -0.39 is 11.9 Å². The van der Waals surface area contributed by atoms with Gasteiger partial charge in [0.2, 0.25) is 0 Å². The molecule has 9 heteroatoms. The Labute approximate surface area is 160 Å². The second-order valence-electron chi connectivity index (χ2n) is 6.38. The average Bonchev–Trinajstić information content (AvgIpc) is 2.89. The van der Waals surface area contributed by atoms with E-state index in [0.29, 0.717) is 5.56 Å². The van der Waals surface area contributed by atoms with Crippen LogP contribution in [0, 0.1) is 0 Å². The number of ether oxygens (including phenoxy) is 1. The lowest BCUT2D eigenvalue weighted by Crippen LogP contribution is -2.19. The molecule has 0 saturated carbocycles. The van der Waals surface area contributed by atoms with Gasteiger partial charge in [0.15, 0.2) is 5.17 Å². The van der Waals surface area contributed by atoms with Crippen LogP contribution in [0.25, 0.3) is 0 Å². The summed E-state index contributed by atoms with van der Waals surface area (Å²) in [6.45, 7) is 6.07. The van der Waals surface area contributed by atoms with E-state index in [9.17, 15) is 14.7 Å². The van der Waals surface area contributed by atoms with Crippen LogP contribution in [0.2, 0.25) is 5.02 Å². The summed E-state index contributed by atoms with van der Waals surface area (Å²) in [6, 6.07) is 3.48. The third-order valence-electron chi connectivity index (χ3n) is 3.41. The van der Waals surface area contributed by atoms with Crippen LogP contribution in [0.3, 0.4) is 0 Å². The smallest absolute Gasteiger partial charge is 0.331 e. The van der Waals surface area contributed by atoms with Gasteiger partial charge in [0.05, 0.1) is 23.3 Å². The molecule has 7 nitrogen and oxygen atoms in total. The second kappa shape index (κ2) is 7.92. The van der Waals surface area contributed by atoms with Crippen LogP contribution < -0.4 is 5.32 Å². The maximum absolute atomic E-state index is 11.7. The number of nitrogens with zero attached hydrogens (tertiary/aromatic N) is 2. The molecule has 1 aliphatic heterocycles. The van der Waals surface area contributed by atoms with Gasteiger partial charge in [0.25, 0.3) is 5.91 Å². The van der Waals surface area contributed by atoms with Crippen molar-refractivity contribution in [3.05, 3.63) is 39.3 Å². The Hall–Kier alpha value is -2.32. The number of thioether (sulfide) groups is 1. The predicted octanol–water partition coefficient (Wildman–Crippen LogP) is 2.95. The fourth-order valence-electron chi connectivity index (χ4n) is 1.94. The van der Waals surface area contributed by atoms with Gasteiger partial charge in [-0.1, -0.05) is 32.4 Å². The minimum atomic E-state index is -0.633. The van der Waals surface area contributed by atoms with E-state index in [1.54, 1.807) is 12.1 Å². The Balaban J connectivity index is 2.22. The largest absolute Gasteiger partial charge is 0.506 e. The Kier molecular flexibility index (Phi) is 6.09. The van der Waals surface area contributed by atoms with Crippen LogP contribution in [-0.4, -0.2) is 35.5 Å². The molecule has 2 rings (SSSR count). The average molecular weight is 396 g/mol. The highest BCUT2D eigenvalue weighted by Crippen LogP contribution is 2.33. The number of carbonyl (C=O) groups excluding carboxylic acids is 2. The summed E-state index contributed by atoms with van der Waals surface area (Å²) in [5, 5.41) is 20.8. The van der Waals surface area contributed by atoms with Crippen molar-refractivity contribution in [2.24, 2.45) is 10.2 Å². The fourth-order valence-corrected chi connectivity index (χ4v) is 2.90. The predicted molar refractivity (Wildman–Crippen MR) is 103 cm³/mol. The van der Waals surface area contributed by atoms with Crippen LogP contribution in [0.15, 0.2) is 33.3 Å². The van der Waals surface area contributed by atoms with Crippen molar-refractivity contribution < 1.29 is 19.4 Å². The van der Waals surface area contributed by atoms with E-state index in [1.165, 1.54) is 13.3 Å². The van der Waals surface area contributed by atoms with Gasteiger partial charge in [-0.3, -0.25) is 10.1 Å². The van der Waals surface area contributed by atoms with Crippen molar-refractivity contribution in [1.29, 1.82) is 0 Å². The van der Waals surface area contributed by atoms with E-state index in [4.69, 9.17) is 11.6 Å². The molecule has 0 aliphatic carbocycles. The van der Waals surface area contributed by atoms with Gasteiger partial charge >= 0.3 is 5.97 Å². The molecule has 0 radical (unpaired) electrons. The lowest BCUT2D eigenvalue weighted by Gasteiger charge is -2.20. The van der Waals surface area contributed by atoms with Crippen molar-refractivity contribution in [3.63, 3.8) is 0 Å². The first kappa shape index (κ1) is 20.0. The summed E-state index contributed by atoms with van der Waals surface area (Å²) in [5.41, 5.74) is 1.18. The molecule has 0 spiro atoms. The van der Waals surface area contributed by atoms with Gasteiger partial charge in [0.1, 0.15) is 5.75 Å². The molecule has 1 aliphatic rings. The minimum Gasteiger partial charge on any atom is -0.506 e. The van der Waals surface area contributed by atoms with Crippen molar-refractivity contribution in [3.8, 4) is 5.75 Å². The molecule has 1 aromatic carbocycles. The first-order valence-corrected chi connectivity index (χ1v) is 8.74. The first-order valence-electron chi connectivity index (χ1n) is 7.54. The number of esters is 1. The summed E-state index contributed by atoms with van der Waals surface area (Å²) in [6.07, 6.45) is 2.42. The zero-order valence-electron chi connectivity index (χ0n) is 14.7. The van der Waals surface area contributed by atoms with E-state index in [0.717, 1.165) is 23.4 Å². The Bertz CT molecular complexity index is 841. The van der Waals surface area contributed by atoms with Crippen molar-refractivity contribution in [2.75, 3.05) is 7.11 Å². The van der Waals surface area contributed by atoms with Crippen LogP contribution in [0.5, 0.6) is 5.75 Å². The summed E-state index contributed by atoms with van der Waals surface area (Å²) < 4.78 is 4.48. The fraction of sp³-hybridized carbons (Fsp3) is 0.294. The molecule has 0 unspecified atom stereocenters. The standard InChI is InChI=1S/C17H18ClN3O4S/c1-17(2,3)10-5-9(14(23)11(18)6-10)8-19-21-16-20-15(24)12(26-16)7-13(22)25-4/h5-8,23H,1-4H3,(H,20,21,24)/b12-7+,19-8?. The topological polar surface area (TPSA) is 100 Å². The second-order valence-corrected chi connectivity index (χ2v) is 7.82. The zero-order chi connectivity index (χ0) is 19.5. The number of amides is 1. The molecule has 26 heavy (non-hydrogen) atoms. The highest BCUT2D eigenvalue weighted by molar-refractivity contribution is 8.18. The summed E-state index contributed by atoms with van der Waals surface area (Å²) in [4.78, 5) is 23.1.